The number of nitrogens with one attached hydrogen (secondary N) is 3. The molecule has 0 radical (unpaired) electrons. The highest BCUT2D eigenvalue weighted by molar-refractivity contribution is 6.07. The zero-order chi connectivity index (χ0) is 41.9. The van der Waals surface area contributed by atoms with Crippen molar-refractivity contribution in [2.24, 2.45) is 0 Å². The van der Waals surface area contributed by atoms with E-state index in [-0.39, 0.29) is 17.7 Å². The number of benzene rings is 2. The van der Waals surface area contributed by atoms with Crippen LogP contribution in [0.25, 0.3) is 33.6 Å². The predicted molar refractivity (Wildman–Crippen MR) is 227 cm³/mol. The molecule has 13 heteroatoms. The molecule has 59 heavy (non-hydrogen) atoms. The van der Waals surface area contributed by atoms with Crippen LogP contribution in [0.15, 0.2) is 85.8 Å². The van der Waals surface area contributed by atoms with Gasteiger partial charge in [0.15, 0.2) is 0 Å². The molecule has 1 saturated carbocycles. The first-order chi connectivity index (χ1) is 28.0. The van der Waals surface area contributed by atoms with Crippen LogP contribution in [0.2, 0.25) is 0 Å². The molecule has 6 aromatic rings. The molecule has 13 nitrogen and oxygen atoms in total. The lowest BCUT2D eigenvalue weighted by Gasteiger charge is -2.15. The van der Waals surface area contributed by atoms with Gasteiger partial charge in [0, 0.05) is 81.9 Å². The van der Waals surface area contributed by atoms with E-state index in [1.54, 1.807) is 24.9 Å². The number of carbonyl (C=O) groups is 3. The van der Waals surface area contributed by atoms with Crippen LogP contribution in [-0.2, 0) is 30.6 Å². The highest BCUT2D eigenvalue weighted by Crippen LogP contribution is 2.42. The second kappa shape index (κ2) is 14.6. The summed E-state index contributed by atoms with van der Waals surface area (Å²) in [6.07, 6.45) is 13.0. The zero-order valence-corrected chi connectivity index (χ0v) is 34.4. The van der Waals surface area contributed by atoms with Crippen molar-refractivity contribution in [2.45, 2.75) is 90.4 Å². The average molecular weight is 787 g/mol. The number of pyridine rings is 1. The van der Waals surface area contributed by atoms with Crippen molar-refractivity contribution in [1.29, 1.82) is 0 Å². The summed E-state index contributed by atoms with van der Waals surface area (Å²) in [6.45, 7) is 15.3. The minimum atomic E-state index is -0.523. The molecule has 0 spiro atoms. The number of nitrogens with zero attached hydrogens (tertiary/aromatic N) is 7. The maximum absolute atomic E-state index is 12.0. The highest BCUT2D eigenvalue weighted by Gasteiger charge is 2.40. The van der Waals surface area contributed by atoms with Crippen molar-refractivity contribution in [3.05, 3.63) is 120 Å². The third kappa shape index (κ3) is 7.44. The van der Waals surface area contributed by atoms with Crippen LogP contribution in [0, 0.1) is 13.8 Å². The Bertz CT molecular complexity index is 2650. The number of hydrogen-bond acceptors (Lipinski definition) is 10. The largest absolute Gasteiger partial charge is 0.325 e. The molecule has 3 aliphatic heterocycles. The van der Waals surface area contributed by atoms with Gasteiger partial charge in [0.05, 0.1) is 27.6 Å². The van der Waals surface area contributed by atoms with Crippen LogP contribution in [0.5, 0.6) is 0 Å². The summed E-state index contributed by atoms with van der Waals surface area (Å²) in [4.78, 5) is 65.8. The van der Waals surface area contributed by atoms with E-state index >= 15 is 0 Å². The SMILES string of the molecule is CC1(C)C(=O)Nc2cc(-c3cnc(C4CC4)nc3)ccc21.Cc1cc(-c2ccc3c(c2)NC(=O)C3(C)C)ncn1.Cc1ncc(-c2cc3c(cn2)C(C)(C)C(=O)N3)cn1. The molecule has 4 aromatic heterocycles. The fourth-order valence-electron chi connectivity index (χ4n) is 7.32. The number of amides is 3. The first-order valence-electron chi connectivity index (χ1n) is 19.7. The average Bonchev–Trinajstić information content (AvgIpc) is 3.96. The van der Waals surface area contributed by atoms with Gasteiger partial charge in [0.2, 0.25) is 17.7 Å². The third-order valence-electron chi connectivity index (χ3n) is 11.5. The van der Waals surface area contributed by atoms with Gasteiger partial charge in [-0.3, -0.25) is 19.4 Å². The highest BCUT2D eigenvalue weighted by atomic mass is 16.2. The van der Waals surface area contributed by atoms with Gasteiger partial charge >= 0.3 is 0 Å². The molecule has 3 N–H and O–H groups in total. The van der Waals surface area contributed by atoms with Crippen LogP contribution >= 0.6 is 0 Å². The molecule has 1 fully saturated rings. The lowest BCUT2D eigenvalue weighted by atomic mass is 9.85. The molecule has 2 aromatic carbocycles. The number of hydrogen-bond donors (Lipinski definition) is 3. The van der Waals surface area contributed by atoms with Gasteiger partial charge in [0.25, 0.3) is 0 Å². The summed E-state index contributed by atoms with van der Waals surface area (Å²) in [5, 5.41) is 8.78. The second-order valence-electron chi connectivity index (χ2n) is 17.0. The van der Waals surface area contributed by atoms with Gasteiger partial charge in [-0.1, -0.05) is 24.3 Å². The summed E-state index contributed by atoms with van der Waals surface area (Å²) in [5.41, 5.74) is 10.6. The van der Waals surface area contributed by atoms with E-state index in [1.165, 1.54) is 12.8 Å². The molecule has 0 bridgehead atoms. The van der Waals surface area contributed by atoms with E-state index in [2.05, 4.69) is 50.8 Å². The minimum absolute atomic E-state index is 0.00149. The molecule has 4 aliphatic rings. The lowest BCUT2D eigenvalue weighted by Crippen LogP contribution is -2.26. The molecule has 298 valence electrons. The van der Waals surface area contributed by atoms with Crippen LogP contribution in [0.4, 0.5) is 17.1 Å². The Balaban J connectivity index is 0.000000123. The number of rotatable bonds is 4. The van der Waals surface area contributed by atoms with Crippen molar-refractivity contribution in [3.63, 3.8) is 0 Å². The first-order valence-corrected chi connectivity index (χ1v) is 19.7. The van der Waals surface area contributed by atoms with Crippen molar-refractivity contribution in [2.75, 3.05) is 16.0 Å². The van der Waals surface area contributed by atoms with Gasteiger partial charge in [0.1, 0.15) is 18.0 Å². The molecular weight excluding hydrogens is 741 g/mol. The quantitative estimate of drug-likeness (QED) is 0.159. The Morgan fingerprint density at radius 2 is 0.983 bits per heavy atom. The number of aromatic nitrogens is 7. The summed E-state index contributed by atoms with van der Waals surface area (Å²) < 4.78 is 0. The van der Waals surface area contributed by atoms with Crippen molar-refractivity contribution in [3.8, 4) is 33.6 Å². The Morgan fingerprint density at radius 1 is 0.492 bits per heavy atom. The van der Waals surface area contributed by atoms with Crippen LogP contribution in [0.3, 0.4) is 0 Å². The van der Waals surface area contributed by atoms with E-state index < -0.39 is 16.2 Å². The van der Waals surface area contributed by atoms with Gasteiger partial charge in [-0.05, 0) is 109 Å². The fraction of sp³-hybridized carbons (Fsp3) is 0.304. The molecule has 0 saturated heterocycles. The predicted octanol–water partition coefficient (Wildman–Crippen LogP) is 8.01. The summed E-state index contributed by atoms with van der Waals surface area (Å²) in [5.74, 6) is 2.34. The normalized spacial score (nSPS) is 17.2. The summed E-state index contributed by atoms with van der Waals surface area (Å²) in [7, 11) is 0. The van der Waals surface area contributed by atoms with E-state index in [0.717, 1.165) is 84.7 Å². The summed E-state index contributed by atoms with van der Waals surface area (Å²) in [6, 6.07) is 15.9. The molecule has 0 unspecified atom stereocenters. The molecule has 1 aliphatic carbocycles. The Morgan fingerprint density at radius 3 is 1.54 bits per heavy atom. The van der Waals surface area contributed by atoms with Crippen LogP contribution in [-0.4, -0.2) is 52.6 Å². The van der Waals surface area contributed by atoms with E-state index in [0.29, 0.717) is 5.92 Å². The summed E-state index contributed by atoms with van der Waals surface area (Å²) >= 11 is 0. The van der Waals surface area contributed by atoms with Crippen LogP contribution in [0.1, 0.15) is 94.3 Å². The van der Waals surface area contributed by atoms with Crippen molar-refractivity contribution >= 4 is 34.8 Å². The van der Waals surface area contributed by atoms with Gasteiger partial charge < -0.3 is 16.0 Å². The number of aryl methyl sites for hydroxylation is 2. The van der Waals surface area contributed by atoms with E-state index in [9.17, 15) is 14.4 Å². The number of anilines is 3. The fourth-order valence-corrected chi connectivity index (χ4v) is 7.32. The lowest BCUT2D eigenvalue weighted by molar-refractivity contribution is -0.120. The minimum Gasteiger partial charge on any atom is -0.325 e. The topological polar surface area (TPSA) is 178 Å². The van der Waals surface area contributed by atoms with Gasteiger partial charge in [-0.15, -0.1) is 0 Å². The van der Waals surface area contributed by atoms with Gasteiger partial charge in [-0.25, -0.2) is 29.9 Å². The smallest absolute Gasteiger partial charge is 0.234 e. The Hall–Kier alpha value is -6.76. The standard InChI is InChI=1S/C17H17N3O.C15H15N3O.C14H14N4O/c1-17(2)13-6-5-11(7-14(13)20-16(17)21)12-8-18-15(19-9-12)10-3-4-10;1-9-6-12(17-8-16-9)10-4-5-11-13(7-10)18-14(19)15(11,2)3;1-8-15-5-9(6-16-8)11-4-12-10(7-17-11)14(2,3)13(19)18-12/h5-10H,3-4H2,1-2H3,(H,20,21);4-8H,1-3H3,(H,18,19);4-7H,1-3H3,(H,18,19). The third-order valence-corrected chi connectivity index (χ3v) is 11.5. The number of carbonyl (C=O) groups excluding carboxylic acids is 3. The Labute approximate surface area is 343 Å². The molecule has 0 atom stereocenters. The first kappa shape index (κ1) is 39.1. The molecular formula is C46H46N10O3. The zero-order valence-electron chi connectivity index (χ0n) is 34.4. The van der Waals surface area contributed by atoms with Crippen LogP contribution < -0.4 is 16.0 Å². The maximum Gasteiger partial charge on any atom is 0.234 e. The monoisotopic (exact) mass is 786 g/mol. The molecule has 7 heterocycles. The number of fused-ring (bicyclic) bond motifs is 3. The van der Waals surface area contributed by atoms with E-state index in [4.69, 9.17) is 0 Å². The van der Waals surface area contributed by atoms with Crippen molar-refractivity contribution < 1.29 is 14.4 Å². The molecule has 3 amide bonds. The molecule has 10 rings (SSSR count). The van der Waals surface area contributed by atoms with E-state index in [1.807, 2.05) is 116 Å². The second-order valence-corrected chi connectivity index (χ2v) is 17.0. The maximum atomic E-state index is 12.0. The Kier molecular flexibility index (Phi) is 9.65. The van der Waals surface area contributed by atoms with Crippen molar-refractivity contribution in [1.82, 2.24) is 34.9 Å². The van der Waals surface area contributed by atoms with Gasteiger partial charge in [-0.2, -0.15) is 0 Å².